The number of Topliss-reactive ketones (excluding diaryl/α,β-unsaturated/α-hetero) is 1. The molecule has 0 spiro atoms. The van der Waals surface area contributed by atoms with Crippen LogP contribution in [0, 0.1) is 29.6 Å². The standard InChI is InChI=1S/C17H17NO3/c19-13-7-21-12-4-3-10(6-11(12)18-13)17(20)16-14-8-1-2-9(5-8)15(14)16/h3-4,6,8-9,14-16H,1-2,5,7H2,(H,18,19). The molecular formula is C17H17NO3. The molecule has 0 saturated heterocycles. The summed E-state index contributed by atoms with van der Waals surface area (Å²) in [7, 11) is 0. The smallest absolute Gasteiger partial charge is 0.262 e. The normalized spacial score (nSPS) is 38.3. The van der Waals surface area contributed by atoms with E-state index in [1.54, 1.807) is 12.1 Å². The van der Waals surface area contributed by atoms with Gasteiger partial charge in [-0.1, -0.05) is 0 Å². The highest BCUT2D eigenvalue weighted by Gasteiger charge is 2.67. The van der Waals surface area contributed by atoms with E-state index in [2.05, 4.69) is 5.32 Å². The Bertz CT molecular complexity index is 652. The Labute approximate surface area is 122 Å². The van der Waals surface area contributed by atoms with Crippen molar-refractivity contribution in [2.75, 3.05) is 11.9 Å². The van der Waals surface area contributed by atoms with Crippen LogP contribution >= 0.6 is 0 Å². The minimum absolute atomic E-state index is 0.0520. The zero-order valence-corrected chi connectivity index (χ0v) is 11.7. The lowest BCUT2D eigenvalue weighted by Gasteiger charge is -2.18. The highest BCUT2D eigenvalue weighted by molar-refractivity contribution is 6.03. The molecule has 1 aliphatic heterocycles. The SMILES string of the molecule is O=C1COc2ccc(C(=O)C3C4C5CCC(C5)C34)cc2N1. The summed E-state index contributed by atoms with van der Waals surface area (Å²) in [6.07, 6.45) is 4.00. The predicted molar refractivity (Wildman–Crippen MR) is 76.2 cm³/mol. The second-order valence-corrected chi connectivity index (χ2v) is 6.93. The van der Waals surface area contributed by atoms with Gasteiger partial charge in [-0.2, -0.15) is 0 Å². The van der Waals surface area contributed by atoms with E-state index in [0.29, 0.717) is 23.3 Å². The monoisotopic (exact) mass is 283 g/mol. The van der Waals surface area contributed by atoms with E-state index >= 15 is 0 Å². The molecule has 4 aliphatic rings. The molecule has 4 atom stereocenters. The van der Waals surface area contributed by atoms with Crippen LogP contribution in [0.3, 0.4) is 0 Å². The van der Waals surface area contributed by atoms with Crippen molar-refractivity contribution in [3.05, 3.63) is 23.8 Å². The van der Waals surface area contributed by atoms with Crippen molar-refractivity contribution in [1.82, 2.24) is 0 Å². The molecule has 3 aliphatic carbocycles. The number of fused-ring (bicyclic) bond motifs is 6. The Kier molecular flexibility index (Phi) is 2.17. The number of anilines is 1. The van der Waals surface area contributed by atoms with Crippen molar-refractivity contribution in [3.8, 4) is 5.75 Å². The largest absolute Gasteiger partial charge is 0.482 e. The van der Waals surface area contributed by atoms with Crippen LogP contribution in [0.25, 0.3) is 0 Å². The molecule has 4 heteroatoms. The van der Waals surface area contributed by atoms with Crippen LogP contribution in [0.2, 0.25) is 0 Å². The zero-order valence-electron chi connectivity index (χ0n) is 11.7. The molecule has 1 aromatic rings. The number of nitrogens with one attached hydrogen (secondary N) is 1. The quantitative estimate of drug-likeness (QED) is 0.848. The van der Waals surface area contributed by atoms with Gasteiger partial charge in [0, 0.05) is 11.5 Å². The summed E-state index contributed by atoms with van der Waals surface area (Å²) in [6, 6.07) is 5.42. The van der Waals surface area contributed by atoms with E-state index < -0.39 is 0 Å². The van der Waals surface area contributed by atoms with Gasteiger partial charge in [-0.3, -0.25) is 9.59 Å². The molecule has 4 unspecified atom stereocenters. The first kappa shape index (κ1) is 11.8. The van der Waals surface area contributed by atoms with E-state index in [0.717, 1.165) is 17.4 Å². The first-order valence-electron chi connectivity index (χ1n) is 7.83. The van der Waals surface area contributed by atoms with Gasteiger partial charge in [-0.25, -0.2) is 0 Å². The number of ketones is 1. The molecule has 3 saturated carbocycles. The minimum atomic E-state index is -0.159. The van der Waals surface area contributed by atoms with Crippen molar-refractivity contribution in [2.24, 2.45) is 29.6 Å². The lowest BCUT2D eigenvalue weighted by Crippen LogP contribution is -2.25. The molecule has 108 valence electrons. The number of ether oxygens (including phenoxy) is 1. The van der Waals surface area contributed by atoms with Crippen LogP contribution in [0.5, 0.6) is 5.75 Å². The number of hydrogen-bond donors (Lipinski definition) is 1. The van der Waals surface area contributed by atoms with Crippen molar-refractivity contribution in [2.45, 2.75) is 19.3 Å². The summed E-state index contributed by atoms with van der Waals surface area (Å²) in [5, 5.41) is 2.78. The highest BCUT2D eigenvalue weighted by Crippen LogP contribution is 2.69. The molecule has 1 N–H and O–H groups in total. The Balaban J connectivity index is 1.42. The fourth-order valence-corrected chi connectivity index (χ4v) is 5.10. The van der Waals surface area contributed by atoms with Crippen LogP contribution in [-0.2, 0) is 4.79 Å². The summed E-state index contributed by atoms with van der Waals surface area (Å²) in [5.74, 6) is 3.91. The summed E-state index contributed by atoms with van der Waals surface area (Å²) >= 11 is 0. The van der Waals surface area contributed by atoms with Gasteiger partial charge in [0.05, 0.1) is 5.69 Å². The van der Waals surface area contributed by atoms with Crippen LogP contribution in [0.1, 0.15) is 29.6 Å². The van der Waals surface area contributed by atoms with Crippen molar-refractivity contribution < 1.29 is 14.3 Å². The van der Waals surface area contributed by atoms with Gasteiger partial charge in [-0.15, -0.1) is 0 Å². The van der Waals surface area contributed by atoms with Gasteiger partial charge in [0.15, 0.2) is 12.4 Å². The van der Waals surface area contributed by atoms with Gasteiger partial charge in [-0.05, 0) is 61.1 Å². The zero-order chi connectivity index (χ0) is 14.1. The molecule has 1 amide bonds. The number of amides is 1. The Morgan fingerprint density at radius 3 is 2.71 bits per heavy atom. The number of hydrogen-bond acceptors (Lipinski definition) is 3. The van der Waals surface area contributed by atoms with Gasteiger partial charge < -0.3 is 10.1 Å². The second-order valence-electron chi connectivity index (χ2n) is 6.93. The average Bonchev–Trinajstić information content (AvgIpc) is 2.92. The molecule has 4 nitrogen and oxygen atoms in total. The maximum absolute atomic E-state index is 12.8. The molecule has 5 rings (SSSR count). The van der Waals surface area contributed by atoms with Gasteiger partial charge >= 0.3 is 0 Å². The maximum Gasteiger partial charge on any atom is 0.262 e. The van der Waals surface area contributed by atoms with E-state index in [1.807, 2.05) is 6.07 Å². The highest BCUT2D eigenvalue weighted by atomic mass is 16.5. The maximum atomic E-state index is 12.8. The third-order valence-corrected chi connectivity index (χ3v) is 5.94. The minimum Gasteiger partial charge on any atom is -0.482 e. The Morgan fingerprint density at radius 2 is 1.95 bits per heavy atom. The number of carbonyl (C=O) groups excluding carboxylic acids is 2. The van der Waals surface area contributed by atoms with Gasteiger partial charge in [0.25, 0.3) is 5.91 Å². The first-order valence-corrected chi connectivity index (χ1v) is 7.83. The fourth-order valence-electron chi connectivity index (χ4n) is 5.10. The Hall–Kier alpha value is -1.84. The predicted octanol–water partition coefficient (Wildman–Crippen LogP) is 2.49. The summed E-state index contributed by atoms with van der Waals surface area (Å²) in [5.41, 5.74) is 1.35. The molecule has 1 heterocycles. The van der Waals surface area contributed by atoms with Gasteiger partial charge in [0.2, 0.25) is 0 Å². The molecule has 2 bridgehead atoms. The molecule has 0 aromatic heterocycles. The number of rotatable bonds is 2. The molecule has 3 fully saturated rings. The molecule has 1 aromatic carbocycles. The van der Waals surface area contributed by atoms with Crippen molar-refractivity contribution in [3.63, 3.8) is 0 Å². The Morgan fingerprint density at radius 1 is 1.19 bits per heavy atom. The number of carbonyl (C=O) groups is 2. The van der Waals surface area contributed by atoms with E-state index in [-0.39, 0.29) is 24.2 Å². The average molecular weight is 283 g/mol. The lowest BCUT2D eigenvalue weighted by atomic mass is 9.96. The van der Waals surface area contributed by atoms with Crippen LogP contribution in [-0.4, -0.2) is 18.3 Å². The van der Waals surface area contributed by atoms with Crippen LogP contribution in [0.4, 0.5) is 5.69 Å². The van der Waals surface area contributed by atoms with Gasteiger partial charge in [0.1, 0.15) is 5.75 Å². The topological polar surface area (TPSA) is 55.4 Å². The summed E-state index contributed by atoms with van der Waals surface area (Å²) in [4.78, 5) is 24.1. The van der Waals surface area contributed by atoms with Crippen LogP contribution in [0.15, 0.2) is 18.2 Å². The van der Waals surface area contributed by atoms with Crippen molar-refractivity contribution in [1.29, 1.82) is 0 Å². The first-order chi connectivity index (χ1) is 10.2. The summed E-state index contributed by atoms with van der Waals surface area (Å²) in [6.45, 7) is 0.0520. The van der Waals surface area contributed by atoms with E-state index in [1.165, 1.54) is 19.3 Å². The molecule has 21 heavy (non-hydrogen) atoms. The number of benzene rings is 1. The third-order valence-electron chi connectivity index (χ3n) is 5.94. The second kappa shape index (κ2) is 3.87. The van der Waals surface area contributed by atoms with E-state index in [4.69, 9.17) is 4.74 Å². The fraction of sp³-hybridized carbons (Fsp3) is 0.529. The van der Waals surface area contributed by atoms with E-state index in [9.17, 15) is 9.59 Å². The summed E-state index contributed by atoms with van der Waals surface area (Å²) < 4.78 is 5.34. The third kappa shape index (κ3) is 1.56. The molecular weight excluding hydrogens is 266 g/mol. The van der Waals surface area contributed by atoms with Crippen LogP contribution < -0.4 is 10.1 Å². The lowest BCUT2D eigenvalue weighted by molar-refractivity contribution is -0.118. The van der Waals surface area contributed by atoms with Crippen molar-refractivity contribution >= 4 is 17.4 Å². The molecule has 0 radical (unpaired) electrons.